The van der Waals surface area contributed by atoms with Crippen molar-refractivity contribution in [2.24, 2.45) is 5.92 Å². The Morgan fingerprint density at radius 2 is 1.96 bits per heavy atom. The van der Waals surface area contributed by atoms with E-state index in [4.69, 9.17) is 0 Å². The van der Waals surface area contributed by atoms with Crippen LogP contribution >= 0.6 is 0 Å². The number of rotatable bonds is 5. The van der Waals surface area contributed by atoms with Gasteiger partial charge in [0.1, 0.15) is 5.82 Å². The van der Waals surface area contributed by atoms with Crippen LogP contribution in [0, 0.1) is 11.7 Å². The molecule has 1 aromatic rings. The first kappa shape index (κ1) is 17.9. The second kappa shape index (κ2) is 7.40. The second-order valence-electron chi connectivity index (χ2n) is 5.83. The molecule has 0 aromatic heterocycles. The largest absolute Gasteiger partial charge is 0.349 e. The van der Waals surface area contributed by atoms with Crippen LogP contribution in [0.3, 0.4) is 0 Å². The molecule has 1 aromatic carbocycles. The molecule has 1 saturated heterocycles. The van der Waals surface area contributed by atoms with Gasteiger partial charge in [0.25, 0.3) is 0 Å². The van der Waals surface area contributed by atoms with Crippen LogP contribution in [0.1, 0.15) is 38.3 Å². The molecule has 5 nitrogen and oxygen atoms in total. The maximum atomic E-state index is 13.7. The lowest BCUT2D eigenvalue weighted by Gasteiger charge is -2.31. The smallest absolute Gasteiger partial charge is 0.223 e. The Labute approximate surface area is 136 Å². The average molecular weight is 342 g/mol. The highest BCUT2D eigenvalue weighted by atomic mass is 32.2. The van der Waals surface area contributed by atoms with E-state index in [1.165, 1.54) is 10.4 Å². The normalized spacial score (nSPS) is 18.6. The van der Waals surface area contributed by atoms with Crippen molar-refractivity contribution in [3.8, 4) is 0 Å². The first-order valence-electron chi connectivity index (χ1n) is 7.87. The lowest BCUT2D eigenvalue weighted by molar-refractivity contribution is -0.126. The number of piperidine rings is 1. The van der Waals surface area contributed by atoms with E-state index in [0.29, 0.717) is 31.5 Å². The number of sulfonamides is 1. The molecule has 1 N–H and O–H groups in total. The van der Waals surface area contributed by atoms with E-state index in [2.05, 4.69) is 5.32 Å². The summed E-state index contributed by atoms with van der Waals surface area (Å²) in [4.78, 5) is 12.3. The van der Waals surface area contributed by atoms with E-state index in [1.807, 2.05) is 0 Å². The monoisotopic (exact) mass is 342 g/mol. The Balaban J connectivity index is 1.92. The summed E-state index contributed by atoms with van der Waals surface area (Å²) in [5.74, 6) is -0.639. The maximum absolute atomic E-state index is 13.7. The van der Waals surface area contributed by atoms with Crippen molar-refractivity contribution >= 4 is 15.9 Å². The summed E-state index contributed by atoms with van der Waals surface area (Å²) in [6.07, 6.45) is 0.990. The minimum atomic E-state index is -3.19. The minimum Gasteiger partial charge on any atom is -0.349 e. The van der Waals surface area contributed by atoms with Crippen LogP contribution in [0.4, 0.5) is 4.39 Å². The Morgan fingerprint density at radius 3 is 2.52 bits per heavy atom. The van der Waals surface area contributed by atoms with Gasteiger partial charge in [0.15, 0.2) is 0 Å². The SMILES string of the molecule is CCS(=O)(=O)N1CCC(C(=O)NC(C)c2ccccc2F)CC1. The van der Waals surface area contributed by atoms with Gasteiger partial charge in [0, 0.05) is 24.6 Å². The molecule has 0 aliphatic carbocycles. The molecule has 1 aliphatic rings. The predicted molar refractivity (Wildman–Crippen MR) is 86.7 cm³/mol. The molecule has 1 atom stereocenters. The van der Waals surface area contributed by atoms with E-state index in [0.717, 1.165) is 0 Å². The molecular weight excluding hydrogens is 319 g/mol. The summed E-state index contributed by atoms with van der Waals surface area (Å²) < 4.78 is 38.8. The van der Waals surface area contributed by atoms with Crippen molar-refractivity contribution in [3.63, 3.8) is 0 Å². The van der Waals surface area contributed by atoms with Gasteiger partial charge in [-0.3, -0.25) is 4.79 Å². The van der Waals surface area contributed by atoms with E-state index in [1.54, 1.807) is 32.0 Å². The van der Waals surface area contributed by atoms with Gasteiger partial charge in [-0.25, -0.2) is 17.1 Å². The van der Waals surface area contributed by atoms with Crippen LogP contribution in [0.15, 0.2) is 24.3 Å². The average Bonchev–Trinajstić information content (AvgIpc) is 2.55. The third-order valence-electron chi connectivity index (χ3n) is 4.31. The molecule has 1 unspecified atom stereocenters. The first-order chi connectivity index (χ1) is 10.8. The molecule has 23 heavy (non-hydrogen) atoms. The summed E-state index contributed by atoms with van der Waals surface area (Å²) in [6, 6.07) is 5.94. The Kier molecular flexibility index (Phi) is 5.75. The van der Waals surface area contributed by atoms with Crippen molar-refractivity contribution in [1.82, 2.24) is 9.62 Å². The molecule has 0 saturated carbocycles. The number of nitrogens with one attached hydrogen (secondary N) is 1. The van der Waals surface area contributed by atoms with Crippen LogP contribution in [-0.4, -0.2) is 37.5 Å². The van der Waals surface area contributed by atoms with E-state index < -0.39 is 16.1 Å². The highest BCUT2D eigenvalue weighted by molar-refractivity contribution is 7.89. The molecule has 1 amide bonds. The molecule has 128 valence electrons. The number of benzene rings is 1. The highest BCUT2D eigenvalue weighted by Gasteiger charge is 2.30. The van der Waals surface area contributed by atoms with Crippen LogP contribution in [-0.2, 0) is 14.8 Å². The molecule has 0 bridgehead atoms. The number of nitrogens with zero attached hydrogens (tertiary/aromatic N) is 1. The minimum absolute atomic E-state index is 0.0776. The molecule has 1 fully saturated rings. The zero-order valence-electron chi connectivity index (χ0n) is 13.5. The zero-order valence-corrected chi connectivity index (χ0v) is 14.3. The van der Waals surface area contributed by atoms with Crippen LogP contribution in [0.2, 0.25) is 0 Å². The van der Waals surface area contributed by atoms with Crippen LogP contribution in [0.25, 0.3) is 0 Å². The number of carbonyl (C=O) groups excluding carboxylic acids is 1. The number of hydrogen-bond donors (Lipinski definition) is 1. The van der Waals surface area contributed by atoms with Gasteiger partial charge in [-0.2, -0.15) is 0 Å². The molecule has 0 radical (unpaired) electrons. The topological polar surface area (TPSA) is 66.5 Å². The molecule has 0 spiro atoms. The number of carbonyl (C=O) groups is 1. The van der Waals surface area contributed by atoms with Crippen molar-refractivity contribution < 1.29 is 17.6 Å². The van der Waals surface area contributed by atoms with Gasteiger partial charge in [-0.1, -0.05) is 18.2 Å². The number of halogens is 1. The van der Waals surface area contributed by atoms with Gasteiger partial charge in [-0.05, 0) is 32.8 Å². The fourth-order valence-electron chi connectivity index (χ4n) is 2.81. The van der Waals surface area contributed by atoms with Gasteiger partial charge in [0.05, 0.1) is 11.8 Å². The summed E-state index contributed by atoms with van der Waals surface area (Å²) in [5.41, 5.74) is 0.451. The van der Waals surface area contributed by atoms with Crippen molar-refractivity contribution in [1.29, 1.82) is 0 Å². The lowest BCUT2D eigenvalue weighted by Crippen LogP contribution is -2.43. The number of amides is 1. The van der Waals surface area contributed by atoms with Gasteiger partial charge in [-0.15, -0.1) is 0 Å². The standard InChI is InChI=1S/C16H23FN2O3S/c1-3-23(21,22)19-10-8-13(9-11-19)16(20)18-12(2)14-6-4-5-7-15(14)17/h4-7,12-13H,3,8-11H2,1-2H3,(H,18,20). The summed E-state index contributed by atoms with van der Waals surface area (Å²) >= 11 is 0. The third kappa shape index (κ3) is 4.29. The van der Waals surface area contributed by atoms with E-state index >= 15 is 0 Å². The number of hydrogen-bond acceptors (Lipinski definition) is 3. The molecule has 1 heterocycles. The van der Waals surface area contributed by atoms with E-state index in [-0.39, 0.29) is 23.4 Å². The molecular formula is C16H23FN2O3S. The Bertz CT molecular complexity index is 655. The Hall–Kier alpha value is -1.47. The maximum Gasteiger partial charge on any atom is 0.223 e. The highest BCUT2D eigenvalue weighted by Crippen LogP contribution is 2.22. The fraction of sp³-hybridized carbons (Fsp3) is 0.562. The van der Waals surface area contributed by atoms with Crippen molar-refractivity contribution in [2.75, 3.05) is 18.8 Å². The van der Waals surface area contributed by atoms with Gasteiger partial charge >= 0.3 is 0 Å². The third-order valence-corrected chi connectivity index (χ3v) is 6.19. The van der Waals surface area contributed by atoms with Crippen molar-refractivity contribution in [2.45, 2.75) is 32.7 Å². The second-order valence-corrected chi connectivity index (χ2v) is 8.08. The molecule has 2 rings (SSSR count). The summed E-state index contributed by atoms with van der Waals surface area (Å²) in [5, 5.41) is 2.83. The van der Waals surface area contributed by atoms with Crippen molar-refractivity contribution in [3.05, 3.63) is 35.6 Å². The quantitative estimate of drug-likeness (QED) is 0.891. The van der Waals surface area contributed by atoms with Crippen LogP contribution < -0.4 is 5.32 Å². The fourth-order valence-corrected chi connectivity index (χ4v) is 3.95. The van der Waals surface area contributed by atoms with Gasteiger partial charge < -0.3 is 5.32 Å². The molecule has 1 aliphatic heterocycles. The van der Waals surface area contributed by atoms with Crippen LogP contribution in [0.5, 0.6) is 0 Å². The predicted octanol–water partition coefficient (Wildman–Crippen LogP) is 2.06. The lowest BCUT2D eigenvalue weighted by atomic mass is 9.96. The summed E-state index contributed by atoms with van der Waals surface area (Å²) in [7, 11) is -3.19. The van der Waals surface area contributed by atoms with E-state index in [9.17, 15) is 17.6 Å². The van der Waals surface area contributed by atoms with Gasteiger partial charge in [0.2, 0.25) is 15.9 Å². The Morgan fingerprint density at radius 1 is 1.35 bits per heavy atom. The molecule has 7 heteroatoms. The first-order valence-corrected chi connectivity index (χ1v) is 9.48. The zero-order chi connectivity index (χ0) is 17.0. The summed E-state index contributed by atoms with van der Waals surface area (Å²) in [6.45, 7) is 4.09.